The molecule has 0 aliphatic heterocycles. The SMILES string of the molecule is COc1ccc2c(Cl)cc[n+](O)c2c1C. The number of rotatable bonds is 1. The highest BCUT2D eigenvalue weighted by atomic mass is 35.5. The zero-order valence-corrected chi connectivity index (χ0v) is 9.25. The minimum atomic E-state index is 0.612. The minimum absolute atomic E-state index is 0.612. The van der Waals surface area contributed by atoms with E-state index in [-0.39, 0.29) is 0 Å². The molecule has 0 saturated carbocycles. The third-order valence-electron chi connectivity index (χ3n) is 2.45. The predicted molar refractivity (Wildman–Crippen MR) is 57.6 cm³/mol. The molecule has 78 valence electrons. The van der Waals surface area contributed by atoms with E-state index >= 15 is 0 Å². The summed E-state index contributed by atoms with van der Waals surface area (Å²) in [7, 11) is 1.60. The number of nitrogens with zero attached hydrogens (tertiary/aromatic N) is 1. The summed E-state index contributed by atoms with van der Waals surface area (Å²) in [6.07, 6.45) is 1.51. The summed E-state index contributed by atoms with van der Waals surface area (Å²) in [5.74, 6) is 0.729. The van der Waals surface area contributed by atoms with Crippen molar-refractivity contribution in [3.8, 4) is 5.75 Å². The molecule has 0 saturated heterocycles. The van der Waals surface area contributed by atoms with Crippen LogP contribution in [0.4, 0.5) is 0 Å². The second kappa shape index (κ2) is 3.59. The van der Waals surface area contributed by atoms with Crippen molar-refractivity contribution in [3.63, 3.8) is 0 Å². The average Bonchev–Trinajstić information content (AvgIpc) is 2.23. The molecule has 1 aromatic heterocycles. The Morgan fingerprint density at radius 2 is 2.07 bits per heavy atom. The molecule has 1 heterocycles. The maximum absolute atomic E-state index is 9.70. The van der Waals surface area contributed by atoms with E-state index in [1.807, 2.05) is 19.1 Å². The molecule has 0 amide bonds. The largest absolute Gasteiger partial charge is 0.496 e. The fourth-order valence-electron chi connectivity index (χ4n) is 1.69. The quantitative estimate of drug-likeness (QED) is 0.596. The lowest BCUT2D eigenvalue weighted by Gasteiger charge is -2.05. The summed E-state index contributed by atoms with van der Waals surface area (Å²) in [5, 5.41) is 11.1. The molecule has 1 N–H and O–H groups in total. The maximum Gasteiger partial charge on any atom is 0.272 e. The summed E-state index contributed by atoms with van der Waals surface area (Å²) in [6, 6.07) is 5.32. The lowest BCUT2D eigenvalue weighted by molar-refractivity contribution is -0.884. The van der Waals surface area contributed by atoms with E-state index < -0.39 is 0 Å². The summed E-state index contributed by atoms with van der Waals surface area (Å²) in [5.41, 5.74) is 1.53. The number of aromatic nitrogens is 1. The third kappa shape index (κ3) is 1.49. The molecular formula is C11H11ClNO2+. The summed E-state index contributed by atoms with van der Waals surface area (Å²) in [6.45, 7) is 1.88. The van der Waals surface area contributed by atoms with Crippen LogP contribution in [0, 0.1) is 6.92 Å². The van der Waals surface area contributed by atoms with Crippen molar-refractivity contribution in [1.29, 1.82) is 0 Å². The summed E-state index contributed by atoms with van der Waals surface area (Å²) < 4.78 is 6.24. The van der Waals surface area contributed by atoms with Gasteiger partial charge in [-0.2, -0.15) is 0 Å². The zero-order valence-electron chi connectivity index (χ0n) is 8.49. The van der Waals surface area contributed by atoms with Crippen molar-refractivity contribution in [2.24, 2.45) is 0 Å². The Kier molecular flexibility index (Phi) is 2.40. The Labute approximate surface area is 92.4 Å². The second-order valence-corrected chi connectivity index (χ2v) is 3.70. The first-order valence-corrected chi connectivity index (χ1v) is 4.89. The zero-order chi connectivity index (χ0) is 11.0. The van der Waals surface area contributed by atoms with Gasteiger partial charge in [-0.05, 0) is 19.1 Å². The van der Waals surface area contributed by atoms with E-state index in [4.69, 9.17) is 16.3 Å². The maximum atomic E-state index is 9.70. The van der Waals surface area contributed by atoms with Crippen LogP contribution in [0.25, 0.3) is 10.9 Å². The lowest BCUT2D eigenvalue weighted by Crippen LogP contribution is -2.30. The van der Waals surface area contributed by atoms with Crippen molar-refractivity contribution in [1.82, 2.24) is 0 Å². The van der Waals surface area contributed by atoms with Crippen molar-refractivity contribution < 1.29 is 14.7 Å². The Bertz CT molecular complexity index is 525. The molecule has 15 heavy (non-hydrogen) atoms. The molecule has 0 aliphatic carbocycles. The first-order chi connectivity index (χ1) is 7.15. The molecule has 0 radical (unpaired) electrons. The summed E-state index contributed by atoms with van der Waals surface area (Å²) in [4.78, 5) is 0. The van der Waals surface area contributed by atoms with Crippen LogP contribution in [-0.4, -0.2) is 12.3 Å². The number of fused-ring (bicyclic) bond motifs is 1. The fourth-order valence-corrected chi connectivity index (χ4v) is 1.90. The van der Waals surface area contributed by atoms with Crippen molar-refractivity contribution in [2.75, 3.05) is 7.11 Å². The van der Waals surface area contributed by atoms with Crippen LogP contribution in [0.5, 0.6) is 5.75 Å². The van der Waals surface area contributed by atoms with Gasteiger partial charge in [-0.3, -0.25) is 5.21 Å². The lowest BCUT2D eigenvalue weighted by atomic mass is 10.1. The van der Waals surface area contributed by atoms with Gasteiger partial charge in [0, 0.05) is 10.8 Å². The van der Waals surface area contributed by atoms with Crippen LogP contribution < -0.4 is 9.47 Å². The molecule has 1 aromatic carbocycles. The fraction of sp³-hybridized carbons (Fsp3) is 0.182. The van der Waals surface area contributed by atoms with E-state index in [1.54, 1.807) is 13.2 Å². The number of aryl methyl sites for hydroxylation is 1. The first kappa shape index (κ1) is 10.1. The molecule has 3 nitrogen and oxygen atoms in total. The van der Waals surface area contributed by atoms with Gasteiger partial charge in [-0.25, -0.2) is 0 Å². The molecule has 2 rings (SSSR count). The van der Waals surface area contributed by atoms with Gasteiger partial charge in [-0.15, -0.1) is 0 Å². The topological polar surface area (TPSA) is 33.3 Å². The van der Waals surface area contributed by atoms with Gasteiger partial charge in [-0.1, -0.05) is 11.6 Å². The van der Waals surface area contributed by atoms with Gasteiger partial charge in [0.05, 0.1) is 23.1 Å². The van der Waals surface area contributed by atoms with Crippen LogP contribution in [-0.2, 0) is 0 Å². The van der Waals surface area contributed by atoms with Crippen molar-refractivity contribution >= 4 is 22.5 Å². The van der Waals surface area contributed by atoms with E-state index in [0.29, 0.717) is 10.5 Å². The van der Waals surface area contributed by atoms with E-state index in [2.05, 4.69) is 0 Å². The highest BCUT2D eigenvalue weighted by Gasteiger charge is 2.17. The molecule has 0 unspecified atom stereocenters. The van der Waals surface area contributed by atoms with Crippen LogP contribution in [0.3, 0.4) is 0 Å². The predicted octanol–water partition coefficient (Wildman–Crippen LogP) is 2.34. The van der Waals surface area contributed by atoms with Gasteiger partial charge in [0.2, 0.25) is 6.20 Å². The van der Waals surface area contributed by atoms with Crippen LogP contribution >= 0.6 is 11.6 Å². The normalized spacial score (nSPS) is 10.6. The van der Waals surface area contributed by atoms with Gasteiger partial charge in [0.15, 0.2) is 0 Å². The third-order valence-corrected chi connectivity index (χ3v) is 2.78. The first-order valence-electron chi connectivity index (χ1n) is 4.52. The molecule has 4 heteroatoms. The van der Waals surface area contributed by atoms with Gasteiger partial charge < -0.3 is 4.74 Å². The molecule has 0 bridgehead atoms. The average molecular weight is 225 g/mol. The van der Waals surface area contributed by atoms with E-state index in [1.165, 1.54) is 6.20 Å². The second-order valence-electron chi connectivity index (χ2n) is 3.30. The van der Waals surface area contributed by atoms with E-state index in [0.717, 1.165) is 21.4 Å². The number of hydrogen-bond acceptors (Lipinski definition) is 2. The van der Waals surface area contributed by atoms with E-state index in [9.17, 15) is 5.21 Å². The highest BCUT2D eigenvalue weighted by Crippen LogP contribution is 2.28. The van der Waals surface area contributed by atoms with Gasteiger partial charge >= 0.3 is 0 Å². The Balaban J connectivity index is 2.92. The van der Waals surface area contributed by atoms with Crippen LogP contribution in [0.2, 0.25) is 5.02 Å². The molecule has 2 aromatic rings. The monoisotopic (exact) mass is 224 g/mol. The number of methoxy groups -OCH3 is 1. The van der Waals surface area contributed by atoms with Crippen LogP contribution in [0.15, 0.2) is 24.4 Å². The highest BCUT2D eigenvalue weighted by molar-refractivity contribution is 6.35. The summed E-state index contributed by atoms with van der Waals surface area (Å²) >= 11 is 6.03. The number of halogens is 1. The molecule has 0 spiro atoms. The molecular weight excluding hydrogens is 214 g/mol. The Hall–Kier alpha value is -1.48. The molecule has 0 aliphatic rings. The van der Waals surface area contributed by atoms with Gasteiger partial charge in [0.25, 0.3) is 5.52 Å². The number of benzene rings is 1. The smallest absolute Gasteiger partial charge is 0.272 e. The molecule has 0 atom stereocenters. The Morgan fingerprint density at radius 3 is 2.73 bits per heavy atom. The van der Waals surface area contributed by atoms with Crippen molar-refractivity contribution in [2.45, 2.75) is 6.92 Å². The van der Waals surface area contributed by atoms with Crippen LogP contribution in [0.1, 0.15) is 5.56 Å². The molecule has 0 fully saturated rings. The standard InChI is InChI=1S/C11H11ClNO2/c1-7-10(15-2)4-3-8-9(12)5-6-13(14)11(7)8/h3-6,14H,1-2H3/q+1. The Morgan fingerprint density at radius 1 is 1.33 bits per heavy atom. The van der Waals surface area contributed by atoms with Crippen molar-refractivity contribution in [3.05, 3.63) is 35.0 Å². The minimum Gasteiger partial charge on any atom is -0.496 e. The number of pyridine rings is 1. The number of ether oxygens (including phenoxy) is 1. The van der Waals surface area contributed by atoms with Gasteiger partial charge in [0.1, 0.15) is 5.75 Å². The number of hydrogen-bond donors (Lipinski definition) is 1.